The third-order valence-electron chi connectivity index (χ3n) is 4.74. The van der Waals surface area contributed by atoms with Crippen LogP contribution in [0.4, 0.5) is 0 Å². The molecule has 0 radical (unpaired) electrons. The van der Waals surface area contributed by atoms with Crippen LogP contribution in [0.25, 0.3) is 16.5 Å². The monoisotopic (exact) mass is 465 g/mol. The van der Waals surface area contributed by atoms with Crippen LogP contribution in [0.1, 0.15) is 10.5 Å². The molecule has 0 saturated carbocycles. The van der Waals surface area contributed by atoms with Gasteiger partial charge in [-0.2, -0.15) is 9.78 Å². The summed E-state index contributed by atoms with van der Waals surface area (Å²) in [4.78, 5) is 25.6. The van der Waals surface area contributed by atoms with E-state index in [9.17, 15) is 18.0 Å². The van der Waals surface area contributed by atoms with E-state index in [1.807, 2.05) is 6.07 Å². The number of carbonyl (C=O) groups excluding carboxylic acids is 1. The minimum atomic E-state index is -3.79. The molecule has 1 heterocycles. The number of hydrogen-bond donors (Lipinski definition) is 1. The van der Waals surface area contributed by atoms with E-state index in [0.29, 0.717) is 22.2 Å². The maximum atomic E-state index is 12.9. The number of nitrogens with two attached hydrogens (primary N) is 1. The van der Waals surface area contributed by atoms with Crippen LogP contribution in [0.5, 0.6) is 5.75 Å². The first-order chi connectivity index (χ1) is 15.8. The van der Waals surface area contributed by atoms with Gasteiger partial charge in [0.2, 0.25) is 10.0 Å². The highest BCUT2D eigenvalue weighted by atomic mass is 32.2. The maximum absolute atomic E-state index is 12.9. The summed E-state index contributed by atoms with van der Waals surface area (Å²) in [6, 6.07) is 21.0. The number of esters is 1. The van der Waals surface area contributed by atoms with E-state index in [-0.39, 0.29) is 29.4 Å². The molecular formula is C23H19N3O6S. The first-order valence-corrected chi connectivity index (χ1v) is 11.4. The second kappa shape index (κ2) is 9.23. The van der Waals surface area contributed by atoms with Gasteiger partial charge in [-0.15, -0.1) is 0 Å². The molecule has 33 heavy (non-hydrogen) atoms. The van der Waals surface area contributed by atoms with E-state index in [0.717, 1.165) is 0 Å². The van der Waals surface area contributed by atoms with Crippen LogP contribution in [0.3, 0.4) is 0 Å². The molecule has 4 rings (SSSR count). The Labute approximate surface area is 189 Å². The van der Waals surface area contributed by atoms with Crippen molar-refractivity contribution < 1.29 is 22.7 Å². The molecule has 10 heteroatoms. The van der Waals surface area contributed by atoms with Crippen molar-refractivity contribution in [2.24, 2.45) is 5.14 Å². The molecule has 4 aromatic rings. The molecule has 0 unspecified atom stereocenters. The van der Waals surface area contributed by atoms with Crippen LogP contribution >= 0.6 is 0 Å². The van der Waals surface area contributed by atoms with Crippen molar-refractivity contribution in [3.8, 4) is 11.4 Å². The van der Waals surface area contributed by atoms with Crippen LogP contribution in [0, 0.1) is 0 Å². The fraction of sp³-hybridized carbons (Fsp3) is 0.0870. The lowest BCUT2D eigenvalue weighted by atomic mass is 10.1. The minimum absolute atomic E-state index is 0.00607. The smallest absolute Gasteiger partial charge is 0.359 e. The number of hydrogen-bond acceptors (Lipinski definition) is 7. The van der Waals surface area contributed by atoms with Gasteiger partial charge in [0.15, 0.2) is 5.69 Å². The number of sulfonamides is 1. The zero-order valence-corrected chi connectivity index (χ0v) is 18.1. The van der Waals surface area contributed by atoms with Crippen molar-refractivity contribution in [3.63, 3.8) is 0 Å². The molecule has 0 aliphatic rings. The van der Waals surface area contributed by atoms with Gasteiger partial charge in [0, 0.05) is 5.39 Å². The van der Waals surface area contributed by atoms with Crippen molar-refractivity contribution in [2.45, 2.75) is 4.90 Å². The molecule has 3 aromatic carbocycles. The van der Waals surface area contributed by atoms with Gasteiger partial charge in [0.1, 0.15) is 19.0 Å². The summed E-state index contributed by atoms with van der Waals surface area (Å²) in [7, 11) is -3.79. The molecule has 0 bridgehead atoms. The Morgan fingerprint density at radius 1 is 0.879 bits per heavy atom. The third kappa shape index (κ3) is 4.92. The molecule has 9 nitrogen and oxygen atoms in total. The highest BCUT2D eigenvalue weighted by molar-refractivity contribution is 7.89. The molecule has 0 fully saturated rings. The average Bonchev–Trinajstić information content (AvgIpc) is 2.82. The SMILES string of the molecule is NS(=O)(=O)c1ccc(OCCOC(=O)c2nn(-c3ccccc3)c(=O)c3ccccc23)cc1. The lowest BCUT2D eigenvalue weighted by Crippen LogP contribution is -2.25. The second-order valence-electron chi connectivity index (χ2n) is 6.95. The Morgan fingerprint density at radius 2 is 1.52 bits per heavy atom. The van der Waals surface area contributed by atoms with Crippen molar-refractivity contribution in [1.29, 1.82) is 0 Å². The number of fused-ring (bicyclic) bond motifs is 1. The topological polar surface area (TPSA) is 131 Å². The molecule has 0 spiro atoms. The quantitative estimate of drug-likeness (QED) is 0.327. The molecule has 0 aliphatic heterocycles. The second-order valence-corrected chi connectivity index (χ2v) is 8.51. The Kier molecular flexibility index (Phi) is 6.20. The van der Waals surface area contributed by atoms with E-state index < -0.39 is 16.0 Å². The fourth-order valence-corrected chi connectivity index (χ4v) is 3.69. The van der Waals surface area contributed by atoms with E-state index in [1.165, 1.54) is 28.9 Å². The first-order valence-electron chi connectivity index (χ1n) is 9.85. The summed E-state index contributed by atoms with van der Waals surface area (Å²) in [5.74, 6) is -0.316. The molecule has 0 atom stereocenters. The Bertz CT molecular complexity index is 1470. The molecule has 0 aliphatic carbocycles. The summed E-state index contributed by atoms with van der Waals surface area (Å²) in [6.45, 7) is -0.0625. The van der Waals surface area contributed by atoms with Crippen LogP contribution in [-0.2, 0) is 14.8 Å². The summed E-state index contributed by atoms with van der Waals surface area (Å²) in [6.07, 6.45) is 0. The van der Waals surface area contributed by atoms with Gasteiger partial charge in [-0.3, -0.25) is 4.79 Å². The lowest BCUT2D eigenvalue weighted by molar-refractivity contribution is 0.0444. The van der Waals surface area contributed by atoms with Gasteiger partial charge in [0.05, 0.1) is 16.0 Å². The number of ether oxygens (including phenoxy) is 2. The van der Waals surface area contributed by atoms with Crippen LogP contribution in [0.15, 0.2) is 88.6 Å². The van der Waals surface area contributed by atoms with Gasteiger partial charge < -0.3 is 9.47 Å². The number of para-hydroxylation sites is 1. The Balaban J connectivity index is 1.50. The summed E-state index contributed by atoms with van der Waals surface area (Å²) < 4.78 is 34.5. The molecule has 0 amide bonds. The zero-order chi connectivity index (χ0) is 23.4. The van der Waals surface area contributed by atoms with Crippen molar-refractivity contribution in [3.05, 3.63) is 94.9 Å². The highest BCUT2D eigenvalue weighted by Gasteiger charge is 2.18. The number of aromatic nitrogens is 2. The first kappa shape index (κ1) is 22.2. The molecule has 1 aromatic heterocycles. The number of rotatable bonds is 7. The van der Waals surface area contributed by atoms with Crippen molar-refractivity contribution in [1.82, 2.24) is 9.78 Å². The van der Waals surface area contributed by atoms with Gasteiger partial charge >= 0.3 is 5.97 Å². The Morgan fingerprint density at radius 3 is 2.18 bits per heavy atom. The van der Waals surface area contributed by atoms with Crippen LogP contribution < -0.4 is 15.4 Å². The number of primary sulfonamides is 1. The molecule has 2 N–H and O–H groups in total. The summed E-state index contributed by atoms with van der Waals surface area (Å²) in [5, 5.41) is 10.1. The Hall–Kier alpha value is -4.02. The minimum Gasteiger partial charge on any atom is -0.490 e. The maximum Gasteiger partial charge on any atom is 0.359 e. The lowest BCUT2D eigenvalue weighted by Gasteiger charge is -2.11. The van der Waals surface area contributed by atoms with E-state index in [2.05, 4.69) is 5.10 Å². The third-order valence-corrected chi connectivity index (χ3v) is 5.67. The van der Waals surface area contributed by atoms with Crippen molar-refractivity contribution in [2.75, 3.05) is 13.2 Å². The van der Waals surface area contributed by atoms with E-state index in [4.69, 9.17) is 14.6 Å². The van der Waals surface area contributed by atoms with E-state index >= 15 is 0 Å². The van der Waals surface area contributed by atoms with Crippen LogP contribution in [0.2, 0.25) is 0 Å². The number of carbonyl (C=O) groups is 1. The van der Waals surface area contributed by atoms with Crippen LogP contribution in [-0.4, -0.2) is 37.4 Å². The van der Waals surface area contributed by atoms with Gasteiger partial charge in [-0.05, 0) is 42.5 Å². The summed E-state index contributed by atoms with van der Waals surface area (Å²) in [5.41, 5.74) is 0.180. The van der Waals surface area contributed by atoms with E-state index in [1.54, 1.807) is 48.5 Å². The number of benzene rings is 3. The van der Waals surface area contributed by atoms with Crippen molar-refractivity contribution >= 4 is 26.8 Å². The predicted octanol–water partition coefficient (Wildman–Crippen LogP) is 2.27. The molecule has 0 saturated heterocycles. The number of nitrogens with zero attached hydrogens (tertiary/aromatic N) is 2. The fourth-order valence-electron chi connectivity index (χ4n) is 3.17. The highest BCUT2D eigenvalue weighted by Crippen LogP contribution is 2.17. The zero-order valence-electron chi connectivity index (χ0n) is 17.2. The van der Waals surface area contributed by atoms with Gasteiger partial charge in [0.25, 0.3) is 5.56 Å². The average molecular weight is 465 g/mol. The normalized spacial score (nSPS) is 11.3. The van der Waals surface area contributed by atoms with Gasteiger partial charge in [-0.1, -0.05) is 36.4 Å². The standard InChI is InChI=1S/C23H19N3O6S/c24-33(29,30)18-12-10-17(11-13-18)31-14-15-32-23(28)21-19-8-4-5-9-20(19)22(27)26(25-21)16-6-2-1-3-7-16/h1-13H,14-15H2,(H2,24,29,30). The molecular weight excluding hydrogens is 446 g/mol. The predicted molar refractivity (Wildman–Crippen MR) is 121 cm³/mol. The summed E-state index contributed by atoms with van der Waals surface area (Å²) >= 11 is 0. The van der Waals surface area contributed by atoms with Gasteiger partial charge in [-0.25, -0.2) is 18.4 Å². The molecule has 168 valence electrons. The largest absolute Gasteiger partial charge is 0.490 e.